The quantitative estimate of drug-likeness (QED) is 0.775. The van der Waals surface area contributed by atoms with Crippen LogP contribution in [0.3, 0.4) is 0 Å². The van der Waals surface area contributed by atoms with Crippen LogP contribution in [0.25, 0.3) is 0 Å². The van der Waals surface area contributed by atoms with Gasteiger partial charge in [0.2, 0.25) is 11.8 Å². The second-order valence-corrected chi connectivity index (χ2v) is 5.63. The molecule has 0 aliphatic carbocycles. The van der Waals surface area contributed by atoms with Gasteiger partial charge in [-0.1, -0.05) is 0 Å². The van der Waals surface area contributed by atoms with Gasteiger partial charge in [-0.2, -0.15) is 0 Å². The van der Waals surface area contributed by atoms with Crippen molar-refractivity contribution in [2.75, 3.05) is 20.1 Å². The highest BCUT2D eigenvalue weighted by Crippen LogP contribution is 2.29. The van der Waals surface area contributed by atoms with Crippen LogP contribution in [-0.2, 0) is 16.0 Å². The van der Waals surface area contributed by atoms with Crippen LogP contribution in [0.1, 0.15) is 42.5 Å². The van der Waals surface area contributed by atoms with Gasteiger partial charge < -0.3 is 11.1 Å². The van der Waals surface area contributed by atoms with Crippen molar-refractivity contribution in [2.45, 2.75) is 38.6 Å². The smallest absolute Gasteiger partial charge is 0.231 e. The van der Waals surface area contributed by atoms with Crippen molar-refractivity contribution in [3.05, 3.63) is 23.3 Å². The predicted octanol–water partition coefficient (Wildman–Crippen LogP) is 0.0858. The number of nitrogens with one attached hydrogen (secondary N) is 1. The molecule has 0 radical (unpaired) electrons. The molecule has 0 saturated carbocycles. The number of likely N-dealkylation sites (tertiary alicyclic amines) is 1. The van der Waals surface area contributed by atoms with Gasteiger partial charge in [0.1, 0.15) is 5.82 Å². The zero-order valence-electron chi connectivity index (χ0n) is 13.1. The molecule has 0 spiro atoms. The van der Waals surface area contributed by atoms with Crippen LogP contribution in [0, 0.1) is 6.92 Å². The fraction of sp³-hybridized carbons (Fsp3) is 0.600. The number of rotatable bonds is 6. The molecule has 1 aliphatic rings. The second-order valence-electron chi connectivity index (χ2n) is 5.63. The van der Waals surface area contributed by atoms with E-state index in [4.69, 9.17) is 5.73 Å². The summed E-state index contributed by atoms with van der Waals surface area (Å²) in [6.07, 6.45) is 2.91. The largest absolute Gasteiger partial charge is 0.369 e. The fourth-order valence-corrected chi connectivity index (χ4v) is 2.81. The molecule has 0 aromatic carbocycles. The number of carbonyl (C=O) groups excluding carboxylic acids is 2. The highest BCUT2D eigenvalue weighted by Gasteiger charge is 2.29. The topological polar surface area (TPSA) is 101 Å². The summed E-state index contributed by atoms with van der Waals surface area (Å²) in [7, 11) is 1.62. The molecule has 3 N–H and O–H groups in total. The van der Waals surface area contributed by atoms with E-state index < -0.39 is 0 Å². The van der Waals surface area contributed by atoms with Gasteiger partial charge in [-0.3, -0.25) is 14.5 Å². The lowest BCUT2D eigenvalue weighted by Gasteiger charge is -2.22. The van der Waals surface area contributed by atoms with E-state index in [2.05, 4.69) is 15.3 Å². The van der Waals surface area contributed by atoms with Crippen LogP contribution in [-0.4, -0.2) is 46.8 Å². The normalized spacial score (nSPS) is 18.4. The standard InChI is InChI=1S/C15H23N5O2/c1-10-8-11(5-6-14(22)17-2)19-15(18-10)12-4-3-7-20(12)9-13(16)21/h8,12H,3-7,9H2,1-2H3,(H2,16,21)(H,17,22)/t12-/m1/s1. The number of primary amides is 1. The van der Waals surface area contributed by atoms with Crippen molar-refractivity contribution in [3.8, 4) is 0 Å². The van der Waals surface area contributed by atoms with E-state index in [1.807, 2.05) is 17.9 Å². The maximum Gasteiger partial charge on any atom is 0.231 e. The molecular formula is C15H23N5O2. The van der Waals surface area contributed by atoms with Crippen molar-refractivity contribution in [3.63, 3.8) is 0 Å². The minimum absolute atomic E-state index is 0.00552. The lowest BCUT2D eigenvalue weighted by molar-refractivity contribution is -0.121. The molecule has 1 saturated heterocycles. The average Bonchev–Trinajstić information content (AvgIpc) is 2.91. The SMILES string of the molecule is CNC(=O)CCc1cc(C)nc([C@H]2CCCN2CC(N)=O)n1. The molecule has 1 atom stereocenters. The zero-order chi connectivity index (χ0) is 16.1. The van der Waals surface area contributed by atoms with Crippen LogP contribution in [0.5, 0.6) is 0 Å². The van der Waals surface area contributed by atoms with Crippen molar-refractivity contribution < 1.29 is 9.59 Å². The van der Waals surface area contributed by atoms with Crippen molar-refractivity contribution in [1.29, 1.82) is 0 Å². The third-order valence-electron chi connectivity index (χ3n) is 3.83. The first-order valence-corrected chi connectivity index (χ1v) is 7.57. The van der Waals surface area contributed by atoms with E-state index in [9.17, 15) is 9.59 Å². The van der Waals surface area contributed by atoms with E-state index in [1.54, 1.807) is 7.05 Å². The van der Waals surface area contributed by atoms with Crippen LogP contribution in [0.4, 0.5) is 0 Å². The Morgan fingerprint density at radius 1 is 1.45 bits per heavy atom. The summed E-state index contributed by atoms with van der Waals surface area (Å²) in [6.45, 7) is 2.98. The third kappa shape index (κ3) is 4.24. The Labute approximate surface area is 130 Å². The minimum atomic E-state index is -0.334. The molecule has 0 bridgehead atoms. The van der Waals surface area contributed by atoms with E-state index in [0.29, 0.717) is 12.8 Å². The van der Waals surface area contributed by atoms with Gasteiger partial charge in [0, 0.05) is 24.9 Å². The molecule has 1 aromatic heterocycles. The van der Waals surface area contributed by atoms with Gasteiger partial charge in [0.15, 0.2) is 0 Å². The number of amides is 2. The molecule has 7 heteroatoms. The van der Waals surface area contributed by atoms with E-state index in [-0.39, 0.29) is 24.4 Å². The monoisotopic (exact) mass is 305 g/mol. The summed E-state index contributed by atoms with van der Waals surface area (Å²) in [4.78, 5) is 33.7. The highest BCUT2D eigenvalue weighted by atomic mass is 16.2. The molecule has 120 valence electrons. The summed E-state index contributed by atoms with van der Waals surface area (Å²) < 4.78 is 0. The number of nitrogens with zero attached hydrogens (tertiary/aromatic N) is 3. The van der Waals surface area contributed by atoms with Crippen LogP contribution in [0.15, 0.2) is 6.07 Å². The minimum Gasteiger partial charge on any atom is -0.369 e. The van der Waals surface area contributed by atoms with Gasteiger partial charge >= 0.3 is 0 Å². The Morgan fingerprint density at radius 2 is 2.23 bits per heavy atom. The number of nitrogens with two attached hydrogens (primary N) is 1. The predicted molar refractivity (Wildman–Crippen MR) is 81.9 cm³/mol. The van der Waals surface area contributed by atoms with Gasteiger partial charge in [0.05, 0.1) is 12.6 Å². The Kier molecular flexibility index (Phi) is 5.43. The molecule has 2 rings (SSSR count). The molecule has 1 aliphatic heterocycles. The molecule has 2 heterocycles. The maximum absolute atomic E-state index is 11.4. The molecule has 7 nitrogen and oxygen atoms in total. The third-order valence-corrected chi connectivity index (χ3v) is 3.83. The van der Waals surface area contributed by atoms with Crippen LogP contribution >= 0.6 is 0 Å². The summed E-state index contributed by atoms with van der Waals surface area (Å²) in [5.74, 6) is 0.388. The van der Waals surface area contributed by atoms with Crippen molar-refractivity contribution in [2.24, 2.45) is 5.73 Å². The van der Waals surface area contributed by atoms with Crippen molar-refractivity contribution >= 4 is 11.8 Å². The van der Waals surface area contributed by atoms with E-state index >= 15 is 0 Å². The zero-order valence-corrected chi connectivity index (χ0v) is 13.1. The van der Waals surface area contributed by atoms with Crippen LogP contribution < -0.4 is 11.1 Å². The molecule has 0 unspecified atom stereocenters. The first-order valence-electron chi connectivity index (χ1n) is 7.57. The van der Waals surface area contributed by atoms with Crippen molar-refractivity contribution in [1.82, 2.24) is 20.2 Å². The molecular weight excluding hydrogens is 282 g/mol. The Hall–Kier alpha value is -2.02. The Balaban J connectivity index is 2.14. The maximum atomic E-state index is 11.4. The average molecular weight is 305 g/mol. The van der Waals surface area contributed by atoms with Gasteiger partial charge in [0.25, 0.3) is 0 Å². The lowest BCUT2D eigenvalue weighted by atomic mass is 10.1. The summed E-state index contributed by atoms with van der Waals surface area (Å²) in [5.41, 5.74) is 7.04. The summed E-state index contributed by atoms with van der Waals surface area (Å²) >= 11 is 0. The van der Waals surface area contributed by atoms with Crippen LogP contribution in [0.2, 0.25) is 0 Å². The number of hydrogen-bond acceptors (Lipinski definition) is 5. The first-order chi connectivity index (χ1) is 10.5. The fourth-order valence-electron chi connectivity index (χ4n) is 2.81. The molecule has 2 amide bonds. The molecule has 1 fully saturated rings. The second kappa shape index (κ2) is 7.31. The number of carbonyl (C=O) groups is 2. The highest BCUT2D eigenvalue weighted by molar-refractivity contribution is 5.76. The van der Waals surface area contributed by atoms with Gasteiger partial charge in [-0.05, 0) is 38.8 Å². The molecule has 1 aromatic rings. The summed E-state index contributed by atoms with van der Waals surface area (Å²) in [6, 6.07) is 1.94. The summed E-state index contributed by atoms with van der Waals surface area (Å²) in [5, 5.41) is 2.61. The lowest BCUT2D eigenvalue weighted by Crippen LogP contribution is -2.34. The number of hydrogen-bond donors (Lipinski definition) is 2. The Morgan fingerprint density at radius 3 is 2.91 bits per heavy atom. The van der Waals surface area contributed by atoms with Gasteiger partial charge in [-0.15, -0.1) is 0 Å². The van der Waals surface area contributed by atoms with E-state index in [0.717, 1.165) is 36.6 Å². The molecule has 22 heavy (non-hydrogen) atoms. The number of aromatic nitrogens is 2. The van der Waals surface area contributed by atoms with E-state index in [1.165, 1.54) is 0 Å². The Bertz CT molecular complexity index is 561. The number of aryl methyl sites for hydroxylation is 2. The van der Waals surface area contributed by atoms with Gasteiger partial charge in [-0.25, -0.2) is 9.97 Å². The first kappa shape index (κ1) is 16.4.